The number of rotatable bonds is 9. The molecular weight excluding hydrogens is 320 g/mol. The van der Waals surface area contributed by atoms with Gasteiger partial charge in [-0.25, -0.2) is 4.98 Å². The monoisotopic (exact) mass is 340 g/mol. The summed E-state index contributed by atoms with van der Waals surface area (Å²) in [7, 11) is 0. The summed E-state index contributed by atoms with van der Waals surface area (Å²) in [6.45, 7) is 2.93. The van der Waals surface area contributed by atoms with E-state index < -0.39 is 0 Å². The largest absolute Gasteiger partial charge is 0.466 e. The molecule has 0 fully saturated rings. The molecule has 7 heteroatoms. The summed E-state index contributed by atoms with van der Waals surface area (Å²) >= 11 is 3.29. The number of aliphatic hydroxyl groups is 1. The maximum absolute atomic E-state index is 11.3. The Balaban J connectivity index is 1.90. The molecular formula is C15H20N2O3S2. The van der Waals surface area contributed by atoms with Crippen LogP contribution in [0.4, 0.5) is 0 Å². The van der Waals surface area contributed by atoms with Gasteiger partial charge in [-0.05, 0) is 24.8 Å². The van der Waals surface area contributed by atoms with Crippen LogP contribution in [0.3, 0.4) is 0 Å². The number of ether oxygens (including phenoxy) is 1. The SMILES string of the molecule is CCOC(=O)CCCSc1ncc(CO)n1Cc1cccs1. The van der Waals surface area contributed by atoms with Crippen molar-refractivity contribution in [3.63, 3.8) is 0 Å². The first-order valence-corrected chi connectivity index (χ1v) is 9.07. The first kappa shape index (κ1) is 17.1. The van der Waals surface area contributed by atoms with Crippen LogP contribution in [0.15, 0.2) is 28.9 Å². The first-order valence-electron chi connectivity index (χ1n) is 7.20. The van der Waals surface area contributed by atoms with Crippen molar-refractivity contribution in [2.75, 3.05) is 12.4 Å². The number of nitrogens with zero attached hydrogens (tertiary/aromatic N) is 2. The van der Waals surface area contributed by atoms with E-state index in [-0.39, 0.29) is 12.6 Å². The molecule has 0 aliphatic carbocycles. The Labute approximate surface area is 138 Å². The lowest BCUT2D eigenvalue weighted by Crippen LogP contribution is -2.06. The van der Waals surface area contributed by atoms with Gasteiger partial charge in [0, 0.05) is 17.1 Å². The summed E-state index contributed by atoms with van der Waals surface area (Å²) in [5.74, 6) is 0.645. The minimum atomic E-state index is -0.152. The Morgan fingerprint density at radius 2 is 2.41 bits per heavy atom. The van der Waals surface area contributed by atoms with Crippen molar-refractivity contribution in [2.24, 2.45) is 0 Å². The van der Waals surface area contributed by atoms with Crippen LogP contribution in [0, 0.1) is 0 Å². The zero-order valence-electron chi connectivity index (χ0n) is 12.5. The minimum Gasteiger partial charge on any atom is -0.466 e. The van der Waals surface area contributed by atoms with E-state index in [0.29, 0.717) is 19.6 Å². The molecule has 0 amide bonds. The molecule has 0 aliphatic heterocycles. The fourth-order valence-electron chi connectivity index (χ4n) is 1.97. The highest BCUT2D eigenvalue weighted by Crippen LogP contribution is 2.22. The highest BCUT2D eigenvalue weighted by Gasteiger charge is 2.11. The van der Waals surface area contributed by atoms with Crippen molar-refractivity contribution < 1.29 is 14.6 Å². The second kappa shape index (κ2) is 8.97. The fourth-order valence-corrected chi connectivity index (χ4v) is 3.60. The number of thioether (sulfide) groups is 1. The molecule has 2 heterocycles. The van der Waals surface area contributed by atoms with E-state index in [4.69, 9.17) is 4.74 Å². The lowest BCUT2D eigenvalue weighted by atomic mass is 10.3. The van der Waals surface area contributed by atoms with Crippen LogP contribution >= 0.6 is 23.1 Å². The zero-order valence-corrected chi connectivity index (χ0v) is 14.2. The standard InChI is InChI=1S/C15H20N2O3S2/c1-2-20-14(19)6-4-8-22-15-16-9-12(11-18)17(15)10-13-5-3-7-21-13/h3,5,7,9,18H,2,4,6,8,10-11H2,1H3. The third-order valence-electron chi connectivity index (χ3n) is 3.02. The van der Waals surface area contributed by atoms with Gasteiger partial charge in [-0.3, -0.25) is 4.79 Å². The van der Waals surface area contributed by atoms with Crippen molar-refractivity contribution in [3.05, 3.63) is 34.3 Å². The normalized spacial score (nSPS) is 10.8. The Morgan fingerprint density at radius 3 is 3.09 bits per heavy atom. The highest BCUT2D eigenvalue weighted by molar-refractivity contribution is 7.99. The Hall–Kier alpha value is -1.31. The smallest absolute Gasteiger partial charge is 0.305 e. The maximum atomic E-state index is 11.3. The van der Waals surface area contributed by atoms with Gasteiger partial charge in [0.1, 0.15) is 0 Å². The van der Waals surface area contributed by atoms with Gasteiger partial charge in [0.2, 0.25) is 0 Å². The lowest BCUT2D eigenvalue weighted by Gasteiger charge is -2.09. The van der Waals surface area contributed by atoms with Gasteiger partial charge in [-0.2, -0.15) is 0 Å². The van der Waals surface area contributed by atoms with Gasteiger partial charge in [-0.15, -0.1) is 11.3 Å². The van der Waals surface area contributed by atoms with Crippen LogP contribution < -0.4 is 0 Å². The molecule has 2 rings (SSSR count). The molecule has 22 heavy (non-hydrogen) atoms. The second-order valence-corrected chi connectivity index (χ2v) is 6.71. The van der Waals surface area contributed by atoms with E-state index in [2.05, 4.69) is 11.1 Å². The van der Waals surface area contributed by atoms with Crippen LogP contribution in [0.25, 0.3) is 0 Å². The van der Waals surface area contributed by atoms with Crippen molar-refractivity contribution >= 4 is 29.1 Å². The number of imidazole rings is 1. The number of aromatic nitrogens is 2. The Morgan fingerprint density at radius 1 is 1.55 bits per heavy atom. The summed E-state index contributed by atoms with van der Waals surface area (Å²) in [6.07, 6.45) is 2.89. The fraction of sp³-hybridized carbons (Fsp3) is 0.467. The van der Waals surface area contributed by atoms with Crippen LogP contribution in [0.5, 0.6) is 0 Å². The number of carbonyl (C=O) groups excluding carboxylic acids is 1. The minimum absolute atomic E-state index is 0.0260. The number of hydrogen-bond acceptors (Lipinski definition) is 6. The molecule has 120 valence electrons. The van der Waals surface area contributed by atoms with E-state index in [9.17, 15) is 9.90 Å². The quantitative estimate of drug-likeness (QED) is 0.432. The van der Waals surface area contributed by atoms with Gasteiger partial charge >= 0.3 is 5.97 Å². The van der Waals surface area contributed by atoms with Crippen LogP contribution in [-0.4, -0.2) is 33.0 Å². The first-order chi connectivity index (χ1) is 10.7. The van der Waals surface area contributed by atoms with Crippen molar-refractivity contribution in [1.82, 2.24) is 9.55 Å². The molecule has 0 bridgehead atoms. The molecule has 1 N–H and O–H groups in total. The molecule has 0 unspecified atom stereocenters. The zero-order chi connectivity index (χ0) is 15.8. The molecule has 0 saturated heterocycles. The summed E-state index contributed by atoms with van der Waals surface area (Å²) in [4.78, 5) is 16.9. The molecule has 0 radical (unpaired) electrons. The lowest BCUT2D eigenvalue weighted by molar-refractivity contribution is -0.143. The number of hydrogen-bond donors (Lipinski definition) is 1. The second-order valence-electron chi connectivity index (χ2n) is 4.61. The van der Waals surface area contributed by atoms with Crippen LogP contribution in [0.2, 0.25) is 0 Å². The molecule has 2 aromatic heterocycles. The molecule has 5 nitrogen and oxygen atoms in total. The average Bonchev–Trinajstić information content (AvgIpc) is 3.14. The average molecular weight is 340 g/mol. The predicted octanol–water partition coefficient (Wildman–Crippen LogP) is 2.92. The highest BCUT2D eigenvalue weighted by atomic mass is 32.2. The summed E-state index contributed by atoms with van der Waals surface area (Å²) in [6, 6.07) is 4.09. The summed E-state index contributed by atoms with van der Waals surface area (Å²) in [5.41, 5.74) is 0.807. The third-order valence-corrected chi connectivity index (χ3v) is 4.96. The van der Waals surface area contributed by atoms with E-state index in [1.54, 1.807) is 29.3 Å². The van der Waals surface area contributed by atoms with Crippen LogP contribution in [-0.2, 0) is 22.7 Å². The third kappa shape index (κ3) is 4.86. The topological polar surface area (TPSA) is 64.3 Å². The summed E-state index contributed by atoms with van der Waals surface area (Å²) < 4.78 is 6.94. The van der Waals surface area contributed by atoms with Crippen molar-refractivity contribution in [2.45, 2.75) is 38.1 Å². The van der Waals surface area contributed by atoms with Gasteiger partial charge in [-0.1, -0.05) is 17.8 Å². The predicted molar refractivity (Wildman–Crippen MR) is 88.2 cm³/mol. The Bertz CT molecular complexity index is 582. The Kier molecular flexibility index (Phi) is 6.95. The maximum Gasteiger partial charge on any atom is 0.305 e. The van der Waals surface area contributed by atoms with Gasteiger partial charge < -0.3 is 14.4 Å². The van der Waals surface area contributed by atoms with Gasteiger partial charge in [0.15, 0.2) is 5.16 Å². The number of esters is 1. The van der Waals surface area contributed by atoms with Gasteiger partial charge in [0.25, 0.3) is 0 Å². The molecule has 0 spiro atoms. The number of carbonyl (C=O) groups is 1. The van der Waals surface area contributed by atoms with E-state index >= 15 is 0 Å². The molecule has 2 aromatic rings. The van der Waals surface area contributed by atoms with Crippen LogP contribution in [0.1, 0.15) is 30.3 Å². The van der Waals surface area contributed by atoms with E-state index in [1.807, 2.05) is 22.9 Å². The van der Waals surface area contributed by atoms with E-state index in [0.717, 1.165) is 23.0 Å². The molecule has 0 aliphatic rings. The number of thiophene rings is 1. The molecule has 0 aromatic carbocycles. The summed E-state index contributed by atoms with van der Waals surface area (Å²) in [5, 5.41) is 12.4. The number of aliphatic hydroxyl groups excluding tert-OH is 1. The molecule has 0 saturated carbocycles. The van der Waals surface area contributed by atoms with Gasteiger partial charge in [0.05, 0.1) is 31.6 Å². The molecule has 0 atom stereocenters. The van der Waals surface area contributed by atoms with Crippen molar-refractivity contribution in [3.8, 4) is 0 Å². The van der Waals surface area contributed by atoms with E-state index in [1.165, 1.54) is 4.88 Å². The van der Waals surface area contributed by atoms with Crippen molar-refractivity contribution in [1.29, 1.82) is 0 Å².